The van der Waals surface area contributed by atoms with Crippen molar-refractivity contribution in [3.05, 3.63) is 47.7 Å². The summed E-state index contributed by atoms with van der Waals surface area (Å²) in [5.74, 6) is -0.981. The number of rotatable bonds is 13. The van der Waals surface area contributed by atoms with Crippen molar-refractivity contribution in [2.45, 2.75) is 104 Å². The first kappa shape index (κ1) is 36.3. The molecular formula is C34H53NO8. The fourth-order valence-corrected chi connectivity index (χ4v) is 5.35. The molecule has 9 heteroatoms. The number of fused-ring (bicyclic) bond motifs is 1. The molecule has 43 heavy (non-hydrogen) atoms. The van der Waals surface area contributed by atoms with Crippen LogP contribution in [-0.4, -0.2) is 65.8 Å². The molecule has 1 aromatic rings. The number of esters is 1. The number of cyclic esters (lactones) is 1. The SMILES string of the molecule is CCC[C@H](O)[C@@H](C)C(=O)N/C=C/CC[C@@H](C)[C@@H](O)[C@H](C)[C@@H]1C/C=C\C[C@H](C)[C@H](O)Cc2cc(OC)cc(OC)c2C(=O)O1. The second-order valence-electron chi connectivity index (χ2n) is 12.0. The van der Waals surface area contributed by atoms with E-state index in [0.29, 0.717) is 49.2 Å². The predicted octanol–water partition coefficient (Wildman–Crippen LogP) is 4.96. The third-order valence-corrected chi connectivity index (χ3v) is 8.62. The first-order valence-corrected chi connectivity index (χ1v) is 15.5. The number of allylic oxidation sites excluding steroid dienone is 2. The number of benzene rings is 1. The minimum atomic E-state index is -0.746. The van der Waals surface area contributed by atoms with Gasteiger partial charge in [0.25, 0.3) is 0 Å². The maximum absolute atomic E-state index is 13.6. The number of methoxy groups -OCH3 is 2. The van der Waals surface area contributed by atoms with E-state index in [1.807, 2.05) is 45.9 Å². The first-order chi connectivity index (χ1) is 20.4. The minimum Gasteiger partial charge on any atom is -0.497 e. The second-order valence-corrected chi connectivity index (χ2v) is 12.0. The number of hydrogen-bond donors (Lipinski definition) is 4. The van der Waals surface area contributed by atoms with Gasteiger partial charge < -0.3 is 34.8 Å². The Morgan fingerprint density at radius 1 is 1.12 bits per heavy atom. The number of nitrogens with one attached hydrogen (secondary N) is 1. The molecule has 0 unspecified atom stereocenters. The maximum Gasteiger partial charge on any atom is 0.342 e. The molecule has 0 saturated heterocycles. The monoisotopic (exact) mass is 603 g/mol. The Morgan fingerprint density at radius 2 is 1.81 bits per heavy atom. The number of aliphatic hydroxyl groups is 3. The zero-order chi connectivity index (χ0) is 32.1. The molecule has 9 nitrogen and oxygen atoms in total. The summed E-state index contributed by atoms with van der Waals surface area (Å²) in [6.45, 7) is 9.49. The van der Waals surface area contributed by atoms with E-state index in [1.165, 1.54) is 14.2 Å². The molecule has 242 valence electrons. The molecular weight excluding hydrogens is 550 g/mol. The summed E-state index contributed by atoms with van der Waals surface area (Å²) in [5.41, 5.74) is 0.834. The highest BCUT2D eigenvalue weighted by atomic mass is 16.5. The van der Waals surface area contributed by atoms with Crippen molar-refractivity contribution in [3.63, 3.8) is 0 Å². The van der Waals surface area contributed by atoms with E-state index in [1.54, 1.807) is 25.3 Å². The topological polar surface area (TPSA) is 135 Å². The second kappa shape index (κ2) is 18.0. The summed E-state index contributed by atoms with van der Waals surface area (Å²) in [6, 6.07) is 3.36. The van der Waals surface area contributed by atoms with E-state index in [4.69, 9.17) is 14.2 Å². The van der Waals surface area contributed by atoms with Crippen molar-refractivity contribution < 1.29 is 39.1 Å². The molecule has 4 N–H and O–H groups in total. The summed E-state index contributed by atoms with van der Waals surface area (Å²) >= 11 is 0. The van der Waals surface area contributed by atoms with Crippen molar-refractivity contribution in [2.24, 2.45) is 23.7 Å². The summed E-state index contributed by atoms with van der Waals surface area (Å²) in [4.78, 5) is 25.9. The van der Waals surface area contributed by atoms with Crippen molar-refractivity contribution >= 4 is 11.9 Å². The van der Waals surface area contributed by atoms with Gasteiger partial charge in [0.2, 0.25) is 5.91 Å². The van der Waals surface area contributed by atoms with Gasteiger partial charge in [0, 0.05) is 18.4 Å². The van der Waals surface area contributed by atoms with Gasteiger partial charge in [-0.15, -0.1) is 0 Å². The van der Waals surface area contributed by atoms with Crippen molar-refractivity contribution in [2.75, 3.05) is 14.2 Å². The van der Waals surface area contributed by atoms with Crippen molar-refractivity contribution in [1.82, 2.24) is 5.32 Å². The van der Waals surface area contributed by atoms with Crippen LogP contribution in [0.5, 0.6) is 11.5 Å². The number of aliphatic hydroxyl groups excluding tert-OH is 3. The van der Waals surface area contributed by atoms with Gasteiger partial charge in [-0.1, -0.05) is 59.3 Å². The highest BCUT2D eigenvalue weighted by molar-refractivity contribution is 5.95. The van der Waals surface area contributed by atoms with Gasteiger partial charge in [-0.3, -0.25) is 4.79 Å². The molecule has 0 fully saturated rings. The number of carbonyl (C=O) groups is 2. The van der Waals surface area contributed by atoms with E-state index in [9.17, 15) is 24.9 Å². The smallest absolute Gasteiger partial charge is 0.342 e. The Bertz CT molecular complexity index is 1090. The Morgan fingerprint density at radius 3 is 2.47 bits per heavy atom. The molecule has 0 bridgehead atoms. The summed E-state index contributed by atoms with van der Waals surface area (Å²) < 4.78 is 17.0. The highest BCUT2D eigenvalue weighted by Gasteiger charge is 2.33. The van der Waals surface area contributed by atoms with Gasteiger partial charge in [0.15, 0.2) is 0 Å². The Hall–Kier alpha value is -2.88. The van der Waals surface area contributed by atoms with E-state index >= 15 is 0 Å². The van der Waals surface area contributed by atoms with Gasteiger partial charge in [-0.25, -0.2) is 4.79 Å². The van der Waals surface area contributed by atoms with Gasteiger partial charge in [0.05, 0.1) is 38.4 Å². The molecule has 1 aromatic carbocycles. The van der Waals surface area contributed by atoms with Crippen LogP contribution in [-0.2, 0) is 16.0 Å². The highest BCUT2D eigenvalue weighted by Crippen LogP contribution is 2.33. The standard InChI is InChI=1S/C34H53NO8/c1-8-13-27(36)23(4)33(39)35-17-12-11-15-22(3)32(38)24(5)29-16-10-9-14-21(2)28(37)19-25-18-26(41-6)20-30(42-7)31(25)34(40)43-29/h9-10,12,17-18,20-24,27-29,32,36-38H,8,11,13-16,19H2,1-7H3,(H,35,39)/b10-9-,17-12+/t21-,22+,23+,24+,27-,28+,29-,32+/m0/s1. The molecule has 1 aliphatic rings. The lowest BCUT2D eigenvalue weighted by molar-refractivity contribution is -0.126. The average Bonchev–Trinajstić information content (AvgIpc) is 2.99. The number of amides is 1. The quantitative estimate of drug-likeness (QED) is 0.184. The molecule has 0 spiro atoms. The van der Waals surface area contributed by atoms with Gasteiger partial charge in [-0.05, 0) is 61.8 Å². The Labute approximate surface area is 257 Å². The molecule has 0 aliphatic carbocycles. The van der Waals surface area contributed by atoms with Gasteiger partial charge in [-0.2, -0.15) is 0 Å². The lowest BCUT2D eigenvalue weighted by Gasteiger charge is -2.31. The van der Waals surface area contributed by atoms with Crippen LogP contribution in [0.1, 0.15) is 89.1 Å². The lowest BCUT2D eigenvalue weighted by Crippen LogP contribution is -2.37. The van der Waals surface area contributed by atoms with Gasteiger partial charge >= 0.3 is 5.97 Å². The van der Waals surface area contributed by atoms with E-state index in [-0.39, 0.29) is 35.6 Å². The predicted molar refractivity (Wildman–Crippen MR) is 167 cm³/mol. The molecule has 0 radical (unpaired) electrons. The molecule has 8 atom stereocenters. The van der Waals surface area contributed by atoms with E-state index < -0.39 is 36.3 Å². The average molecular weight is 604 g/mol. The number of carbonyl (C=O) groups excluding carboxylic acids is 2. The maximum atomic E-state index is 13.6. The third kappa shape index (κ3) is 10.7. The summed E-state index contributed by atoms with van der Waals surface area (Å²) in [7, 11) is 3.01. The van der Waals surface area contributed by atoms with Crippen LogP contribution in [0.25, 0.3) is 0 Å². The summed E-state index contributed by atoms with van der Waals surface area (Å²) in [5, 5.41) is 34.9. The Kier molecular flexibility index (Phi) is 15.2. The van der Waals surface area contributed by atoms with Crippen molar-refractivity contribution in [3.8, 4) is 11.5 Å². The van der Waals surface area contributed by atoms with Crippen LogP contribution < -0.4 is 14.8 Å². The van der Waals surface area contributed by atoms with Crippen LogP contribution in [0.3, 0.4) is 0 Å². The molecule has 1 heterocycles. The molecule has 0 saturated carbocycles. The fraction of sp³-hybridized carbons (Fsp3) is 0.647. The molecule has 1 aliphatic heterocycles. The van der Waals surface area contributed by atoms with Crippen LogP contribution in [0.2, 0.25) is 0 Å². The molecule has 0 aromatic heterocycles. The minimum absolute atomic E-state index is 0.0410. The lowest BCUT2D eigenvalue weighted by atomic mass is 9.85. The van der Waals surface area contributed by atoms with Crippen LogP contribution in [0, 0.1) is 23.7 Å². The molecule has 2 rings (SSSR count). The number of hydrogen-bond acceptors (Lipinski definition) is 8. The van der Waals surface area contributed by atoms with Crippen LogP contribution in [0.15, 0.2) is 36.6 Å². The van der Waals surface area contributed by atoms with Crippen LogP contribution in [0.4, 0.5) is 0 Å². The first-order valence-electron chi connectivity index (χ1n) is 15.5. The van der Waals surface area contributed by atoms with E-state index in [2.05, 4.69) is 5.32 Å². The normalized spacial score (nSPS) is 23.9. The number of ether oxygens (including phenoxy) is 3. The van der Waals surface area contributed by atoms with Crippen molar-refractivity contribution in [1.29, 1.82) is 0 Å². The third-order valence-electron chi connectivity index (χ3n) is 8.62. The van der Waals surface area contributed by atoms with Crippen LogP contribution >= 0.6 is 0 Å². The largest absolute Gasteiger partial charge is 0.497 e. The fourth-order valence-electron chi connectivity index (χ4n) is 5.35. The molecule has 1 amide bonds. The van der Waals surface area contributed by atoms with Gasteiger partial charge in [0.1, 0.15) is 23.2 Å². The summed E-state index contributed by atoms with van der Waals surface area (Å²) in [6.07, 6.45) is 8.70. The zero-order valence-corrected chi connectivity index (χ0v) is 26.9. The van der Waals surface area contributed by atoms with E-state index in [0.717, 1.165) is 6.42 Å². The zero-order valence-electron chi connectivity index (χ0n) is 26.9. The Balaban J connectivity index is 2.14.